The quantitative estimate of drug-likeness (QED) is 0.592. The molecule has 5 aliphatic rings. The second-order valence-electron chi connectivity index (χ2n) is 11.1. The number of ketones is 1. The summed E-state index contributed by atoms with van der Waals surface area (Å²) in [5, 5.41) is 32.0. The van der Waals surface area contributed by atoms with Gasteiger partial charge in [-0.1, -0.05) is 18.6 Å². The van der Waals surface area contributed by atoms with Crippen molar-refractivity contribution in [1.82, 2.24) is 0 Å². The first-order chi connectivity index (χ1) is 14.7. The zero-order valence-corrected chi connectivity index (χ0v) is 18.8. The third-order valence-electron chi connectivity index (χ3n) is 9.35. The van der Waals surface area contributed by atoms with E-state index in [4.69, 9.17) is 9.47 Å². The summed E-state index contributed by atoms with van der Waals surface area (Å²) in [5.41, 5.74) is -5.14. The second-order valence-corrected chi connectivity index (χ2v) is 11.1. The van der Waals surface area contributed by atoms with Gasteiger partial charge < -0.3 is 24.8 Å². The Hall–Kier alpha value is -1.61. The molecule has 0 amide bonds. The molecular formula is C24H31FO7. The van der Waals surface area contributed by atoms with Crippen molar-refractivity contribution in [3.05, 3.63) is 23.8 Å². The number of carboxylic acid groups (broad SMARTS) is 1. The molecule has 3 saturated carbocycles. The van der Waals surface area contributed by atoms with Crippen LogP contribution < -0.4 is 0 Å². The Morgan fingerprint density at radius 3 is 2.59 bits per heavy atom. The van der Waals surface area contributed by atoms with Crippen LogP contribution in [0.25, 0.3) is 0 Å². The van der Waals surface area contributed by atoms with Crippen molar-refractivity contribution >= 4 is 11.8 Å². The first kappa shape index (κ1) is 22.2. The summed E-state index contributed by atoms with van der Waals surface area (Å²) in [4.78, 5) is 23.9. The van der Waals surface area contributed by atoms with Crippen molar-refractivity contribution in [3.8, 4) is 0 Å². The highest BCUT2D eigenvalue weighted by Crippen LogP contribution is 2.72. The molecule has 32 heavy (non-hydrogen) atoms. The molecule has 0 unspecified atom stereocenters. The maximum absolute atomic E-state index is 17.2. The van der Waals surface area contributed by atoms with E-state index in [1.54, 1.807) is 33.8 Å². The molecule has 0 spiro atoms. The van der Waals surface area contributed by atoms with Crippen molar-refractivity contribution in [2.75, 3.05) is 0 Å². The molecular weight excluding hydrogens is 419 g/mol. The van der Waals surface area contributed by atoms with Crippen LogP contribution in [0, 0.1) is 22.7 Å². The lowest BCUT2D eigenvalue weighted by atomic mass is 9.44. The Labute approximate surface area is 186 Å². The number of rotatable bonds is 2. The summed E-state index contributed by atoms with van der Waals surface area (Å²) in [6, 6.07) is 0. The summed E-state index contributed by atoms with van der Waals surface area (Å²) in [6.07, 6.45) is 1.50. The number of aliphatic carboxylic acids is 1. The normalized spacial score (nSPS) is 51.8. The number of aliphatic hydroxyl groups is 2. The Morgan fingerprint density at radius 1 is 1.25 bits per heavy atom. The molecule has 176 valence electrons. The molecule has 7 nitrogen and oxygen atoms in total. The minimum atomic E-state index is -2.04. The lowest BCUT2D eigenvalue weighted by Gasteiger charge is -2.63. The Morgan fingerprint density at radius 2 is 1.94 bits per heavy atom. The number of carbonyl (C=O) groups excluding carboxylic acids is 1. The number of halogens is 1. The zero-order chi connectivity index (χ0) is 23.5. The molecule has 3 N–H and O–H groups in total. The summed E-state index contributed by atoms with van der Waals surface area (Å²) in [6.45, 7) is 6.86. The van der Waals surface area contributed by atoms with Gasteiger partial charge in [0, 0.05) is 16.7 Å². The highest BCUT2D eigenvalue weighted by atomic mass is 19.1. The molecule has 5 rings (SSSR count). The summed E-state index contributed by atoms with van der Waals surface area (Å²) >= 11 is 0. The molecule has 0 radical (unpaired) electrons. The molecule has 0 aromatic rings. The van der Waals surface area contributed by atoms with Crippen molar-refractivity contribution < 1.29 is 38.8 Å². The van der Waals surface area contributed by atoms with Gasteiger partial charge in [0.2, 0.25) is 0 Å². The van der Waals surface area contributed by atoms with E-state index in [1.165, 1.54) is 12.2 Å². The molecule has 1 saturated heterocycles. The molecule has 9 atom stereocenters. The first-order valence-electron chi connectivity index (χ1n) is 11.3. The summed E-state index contributed by atoms with van der Waals surface area (Å²) in [7, 11) is 0. The molecule has 1 aliphatic heterocycles. The largest absolute Gasteiger partial charge is 0.479 e. The van der Waals surface area contributed by atoms with Crippen molar-refractivity contribution in [2.45, 2.75) is 88.7 Å². The van der Waals surface area contributed by atoms with Gasteiger partial charge in [-0.3, -0.25) is 4.79 Å². The van der Waals surface area contributed by atoms with E-state index in [-0.39, 0.29) is 18.1 Å². The maximum Gasteiger partial charge on any atom is 0.335 e. The average Bonchev–Trinajstić information content (AvgIpc) is 3.09. The van der Waals surface area contributed by atoms with E-state index in [0.29, 0.717) is 24.8 Å². The average molecular weight is 451 g/mol. The molecule has 4 aliphatic carbocycles. The van der Waals surface area contributed by atoms with Crippen LogP contribution >= 0.6 is 0 Å². The second kappa shape index (κ2) is 6.29. The van der Waals surface area contributed by atoms with Crippen molar-refractivity contribution in [1.29, 1.82) is 0 Å². The molecule has 1 heterocycles. The van der Waals surface area contributed by atoms with Crippen LogP contribution in [-0.4, -0.2) is 62.4 Å². The van der Waals surface area contributed by atoms with Crippen LogP contribution in [-0.2, 0) is 19.1 Å². The fourth-order valence-electron chi connectivity index (χ4n) is 8.04. The number of alkyl halides is 1. The smallest absolute Gasteiger partial charge is 0.335 e. The van der Waals surface area contributed by atoms with Crippen LogP contribution in [0.4, 0.5) is 4.39 Å². The number of hydrogen-bond acceptors (Lipinski definition) is 6. The third-order valence-corrected chi connectivity index (χ3v) is 9.35. The number of fused-ring (bicyclic) bond motifs is 7. The van der Waals surface area contributed by atoms with Gasteiger partial charge in [-0.05, 0) is 64.5 Å². The third kappa shape index (κ3) is 2.34. The lowest BCUT2D eigenvalue weighted by Crippen LogP contribution is -2.70. The Bertz CT molecular complexity index is 958. The number of hydrogen-bond donors (Lipinski definition) is 3. The standard InChI is InChI=1S/C24H31FO7/c1-20(2)31-17-10-15-14-6-5-12-9-13(26)7-8-21(12,3)23(14,25)16(27)11-22(15,4)24(17,32-20)18(28)19(29)30/h7-9,14-18,27-28H,5-6,10-11H2,1-4H3,(H,29,30)/t14-,15-,16-,17+,18-,21-,22-,23-,24-/m0/s1. The van der Waals surface area contributed by atoms with Gasteiger partial charge in [-0.2, -0.15) is 0 Å². The van der Waals surface area contributed by atoms with E-state index in [9.17, 15) is 24.9 Å². The minimum Gasteiger partial charge on any atom is -0.479 e. The summed E-state index contributed by atoms with van der Waals surface area (Å²) < 4.78 is 29.4. The van der Waals surface area contributed by atoms with Crippen LogP contribution in [0.3, 0.4) is 0 Å². The molecule has 0 aromatic carbocycles. The van der Waals surface area contributed by atoms with Gasteiger partial charge in [-0.25, -0.2) is 9.18 Å². The summed E-state index contributed by atoms with van der Waals surface area (Å²) in [5.74, 6) is -3.73. The van der Waals surface area contributed by atoms with Crippen LogP contribution in [0.2, 0.25) is 0 Å². The van der Waals surface area contributed by atoms with E-state index < -0.39 is 58.1 Å². The number of aliphatic hydroxyl groups excluding tert-OH is 2. The van der Waals surface area contributed by atoms with E-state index in [1.807, 2.05) is 0 Å². The Kier molecular flexibility index (Phi) is 4.36. The fraction of sp³-hybridized carbons (Fsp3) is 0.750. The van der Waals surface area contributed by atoms with Crippen LogP contribution in [0.5, 0.6) is 0 Å². The maximum atomic E-state index is 17.2. The zero-order valence-electron chi connectivity index (χ0n) is 18.8. The van der Waals surface area contributed by atoms with Gasteiger partial charge >= 0.3 is 5.97 Å². The monoisotopic (exact) mass is 450 g/mol. The molecule has 0 bridgehead atoms. The first-order valence-corrected chi connectivity index (χ1v) is 11.3. The van der Waals surface area contributed by atoms with Gasteiger partial charge in [-0.15, -0.1) is 0 Å². The minimum absolute atomic E-state index is 0.0877. The van der Waals surface area contributed by atoms with Crippen molar-refractivity contribution in [3.63, 3.8) is 0 Å². The predicted molar refractivity (Wildman–Crippen MR) is 110 cm³/mol. The molecule has 8 heteroatoms. The number of carboxylic acids is 1. The predicted octanol–water partition coefficient (Wildman–Crippen LogP) is 2.30. The van der Waals surface area contributed by atoms with Gasteiger partial charge in [0.1, 0.15) is 5.60 Å². The van der Waals surface area contributed by atoms with E-state index in [0.717, 1.165) is 0 Å². The van der Waals surface area contributed by atoms with Crippen LogP contribution in [0.1, 0.15) is 53.4 Å². The molecule has 4 fully saturated rings. The van der Waals surface area contributed by atoms with Gasteiger partial charge in [0.25, 0.3) is 0 Å². The number of carbonyl (C=O) groups is 2. The van der Waals surface area contributed by atoms with Gasteiger partial charge in [0.05, 0.1) is 12.2 Å². The fourth-order valence-corrected chi connectivity index (χ4v) is 8.04. The van der Waals surface area contributed by atoms with E-state index >= 15 is 4.39 Å². The van der Waals surface area contributed by atoms with Crippen LogP contribution in [0.15, 0.2) is 23.8 Å². The topological polar surface area (TPSA) is 113 Å². The lowest BCUT2D eigenvalue weighted by molar-refractivity contribution is -0.267. The van der Waals surface area contributed by atoms with E-state index in [2.05, 4.69) is 0 Å². The SMILES string of the molecule is CC1(C)O[C@@H]2C[C@H]3[C@@H]4CCC5=CC(=O)C=C[C@]5(C)[C@@]4(F)[C@@H](O)C[C@]3(C)[C@]2([C@@H](O)C(=O)O)O1. The van der Waals surface area contributed by atoms with Gasteiger partial charge in [0.15, 0.2) is 23.3 Å². The Balaban J connectivity index is 1.64. The highest BCUT2D eigenvalue weighted by Gasteiger charge is 2.80. The number of ether oxygens (including phenoxy) is 2. The highest BCUT2D eigenvalue weighted by molar-refractivity contribution is 6.01. The number of allylic oxidation sites excluding steroid dienone is 4. The van der Waals surface area contributed by atoms with Crippen molar-refractivity contribution in [2.24, 2.45) is 22.7 Å². The molecule has 0 aromatic heterocycles.